The lowest BCUT2D eigenvalue weighted by Gasteiger charge is -2.09. The Bertz CT molecular complexity index is 1370. The van der Waals surface area contributed by atoms with Crippen molar-refractivity contribution in [2.24, 2.45) is 4.99 Å². The summed E-state index contributed by atoms with van der Waals surface area (Å²) in [6.45, 7) is 3.21. The first-order chi connectivity index (χ1) is 16.8. The number of rotatable bonds is 6. The van der Waals surface area contributed by atoms with E-state index in [0.29, 0.717) is 16.7 Å². The lowest BCUT2D eigenvalue weighted by molar-refractivity contribution is -0.132. The Labute approximate surface area is 201 Å². The van der Waals surface area contributed by atoms with Crippen LogP contribution in [0.3, 0.4) is 0 Å². The molecule has 0 aromatic heterocycles. The zero-order chi connectivity index (χ0) is 24.9. The second-order valence-corrected chi connectivity index (χ2v) is 7.59. The first-order valence-electron chi connectivity index (χ1n) is 10.6. The number of cyclic esters (lactones) is 1. The number of para-hydroxylation sites is 1. The normalized spacial score (nSPS) is 13.7. The van der Waals surface area contributed by atoms with E-state index >= 15 is 0 Å². The highest BCUT2D eigenvalue weighted by Crippen LogP contribution is 2.31. The molecule has 8 nitrogen and oxygen atoms in total. The summed E-state index contributed by atoms with van der Waals surface area (Å²) in [4.78, 5) is 40.6. The van der Waals surface area contributed by atoms with Gasteiger partial charge in [0, 0.05) is 18.1 Å². The number of methoxy groups -OCH3 is 1. The van der Waals surface area contributed by atoms with Gasteiger partial charge in [0.25, 0.3) is 0 Å². The van der Waals surface area contributed by atoms with Crippen LogP contribution in [0.1, 0.15) is 34.0 Å². The first kappa shape index (κ1) is 23.4. The number of carbonyl (C=O) groups is 3. The van der Waals surface area contributed by atoms with E-state index in [1.807, 2.05) is 19.1 Å². The molecule has 0 amide bonds. The number of carbonyl (C=O) groups excluding carboxylic acids is 3. The molecule has 0 radical (unpaired) electrons. The predicted octanol–water partition coefficient (Wildman–Crippen LogP) is 4.49. The van der Waals surface area contributed by atoms with Crippen LogP contribution in [0, 0.1) is 6.92 Å². The Morgan fingerprint density at radius 2 is 1.66 bits per heavy atom. The lowest BCUT2D eigenvalue weighted by atomic mass is 10.1. The molecule has 176 valence electrons. The van der Waals surface area contributed by atoms with Crippen LogP contribution in [0.4, 0.5) is 0 Å². The minimum absolute atomic E-state index is 0.0295. The molecule has 1 aliphatic heterocycles. The van der Waals surface area contributed by atoms with Crippen LogP contribution in [0.2, 0.25) is 0 Å². The molecule has 0 aliphatic carbocycles. The standard InChI is InChI=1S/C27H21NO7/c1-16-8-10-18(11-9-16)26(30)34-22-7-5-4-6-19(22)14-21-27(31)35-25(28-21)20-12-13-23(33-17(2)29)24(15-20)32-3/h4-15H,1-3H3/b21-14-. The number of nitrogens with zero attached hydrogens (tertiary/aromatic N) is 1. The van der Waals surface area contributed by atoms with Gasteiger partial charge >= 0.3 is 17.9 Å². The Morgan fingerprint density at radius 1 is 0.914 bits per heavy atom. The number of hydrogen-bond donors (Lipinski definition) is 0. The predicted molar refractivity (Wildman–Crippen MR) is 127 cm³/mol. The molecule has 0 saturated heterocycles. The Kier molecular flexibility index (Phi) is 6.73. The third-order valence-electron chi connectivity index (χ3n) is 4.99. The third-order valence-corrected chi connectivity index (χ3v) is 4.99. The summed E-state index contributed by atoms with van der Waals surface area (Å²) in [5, 5.41) is 0. The van der Waals surface area contributed by atoms with E-state index in [9.17, 15) is 14.4 Å². The van der Waals surface area contributed by atoms with Crippen LogP contribution in [-0.2, 0) is 14.3 Å². The zero-order valence-corrected chi connectivity index (χ0v) is 19.2. The topological polar surface area (TPSA) is 100 Å². The maximum Gasteiger partial charge on any atom is 0.363 e. The fraction of sp³-hybridized carbons (Fsp3) is 0.111. The number of benzene rings is 3. The minimum atomic E-state index is -0.664. The zero-order valence-electron chi connectivity index (χ0n) is 19.2. The summed E-state index contributed by atoms with van der Waals surface area (Å²) >= 11 is 0. The van der Waals surface area contributed by atoms with Crippen LogP contribution in [-0.4, -0.2) is 30.9 Å². The second kappa shape index (κ2) is 10.0. The molecule has 1 heterocycles. The van der Waals surface area contributed by atoms with Gasteiger partial charge in [-0.25, -0.2) is 14.6 Å². The summed E-state index contributed by atoms with van der Waals surface area (Å²) in [6, 6.07) is 18.5. The van der Waals surface area contributed by atoms with Gasteiger partial charge < -0.3 is 18.9 Å². The SMILES string of the molecule is COc1cc(C2=N/C(=C\c3ccccc3OC(=O)c3ccc(C)cc3)C(=O)O2)ccc1OC(C)=O. The van der Waals surface area contributed by atoms with E-state index in [1.165, 1.54) is 26.2 Å². The van der Waals surface area contributed by atoms with Crippen LogP contribution < -0.4 is 14.2 Å². The van der Waals surface area contributed by atoms with Gasteiger partial charge in [-0.3, -0.25) is 4.79 Å². The Morgan fingerprint density at radius 3 is 2.37 bits per heavy atom. The van der Waals surface area contributed by atoms with Crippen molar-refractivity contribution in [3.8, 4) is 17.2 Å². The molecule has 3 aromatic rings. The van der Waals surface area contributed by atoms with Gasteiger partial charge in [0.2, 0.25) is 5.90 Å². The number of ether oxygens (including phenoxy) is 4. The monoisotopic (exact) mass is 471 g/mol. The number of aryl methyl sites for hydroxylation is 1. The Hall–Kier alpha value is -4.72. The van der Waals surface area contributed by atoms with Crippen LogP contribution in [0.15, 0.2) is 77.4 Å². The highest BCUT2D eigenvalue weighted by molar-refractivity contribution is 6.13. The Balaban J connectivity index is 1.60. The van der Waals surface area contributed by atoms with Crippen molar-refractivity contribution in [3.63, 3.8) is 0 Å². The van der Waals surface area contributed by atoms with E-state index in [-0.39, 0.29) is 28.8 Å². The van der Waals surface area contributed by atoms with E-state index in [0.717, 1.165) is 5.56 Å². The summed E-state index contributed by atoms with van der Waals surface area (Å²) in [7, 11) is 1.43. The number of esters is 3. The average molecular weight is 471 g/mol. The molecule has 0 saturated carbocycles. The maximum atomic E-state index is 12.6. The van der Waals surface area contributed by atoms with Gasteiger partial charge in [-0.05, 0) is 49.4 Å². The summed E-state index contributed by atoms with van der Waals surface area (Å²) in [6.07, 6.45) is 1.48. The van der Waals surface area contributed by atoms with Gasteiger partial charge in [-0.1, -0.05) is 35.9 Å². The van der Waals surface area contributed by atoms with E-state index < -0.39 is 17.9 Å². The molecule has 0 unspecified atom stereocenters. The maximum absolute atomic E-state index is 12.6. The van der Waals surface area contributed by atoms with Gasteiger partial charge in [-0.15, -0.1) is 0 Å². The molecular formula is C27H21NO7. The van der Waals surface area contributed by atoms with Crippen molar-refractivity contribution in [1.82, 2.24) is 0 Å². The van der Waals surface area contributed by atoms with Gasteiger partial charge in [0.05, 0.1) is 12.7 Å². The van der Waals surface area contributed by atoms with E-state index in [2.05, 4.69) is 4.99 Å². The third kappa shape index (κ3) is 5.44. The minimum Gasteiger partial charge on any atom is -0.493 e. The summed E-state index contributed by atoms with van der Waals surface area (Å²) in [5.41, 5.74) is 2.40. The molecule has 4 rings (SSSR count). The summed E-state index contributed by atoms with van der Waals surface area (Å²) < 4.78 is 21.2. The molecule has 1 aliphatic rings. The van der Waals surface area contributed by atoms with Crippen LogP contribution in [0.25, 0.3) is 6.08 Å². The molecule has 8 heteroatoms. The highest BCUT2D eigenvalue weighted by atomic mass is 16.6. The first-order valence-corrected chi connectivity index (χ1v) is 10.6. The molecule has 3 aromatic carbocycles. The van der Waals surface area contributed by atoms with Gasteiger partial charge in [0.15, 0.2) is 17.2 Å². The fourth-order valence-corrected chi connectivity index (χ4v) is 3.26. The molecule has 0 fully saturated rings. The quantitative estimate of drug-likeness (QED) is 0.297. The van der Waals surface area contributed by atoms with Crippen molar-refractivity contribution in [1.29, 1.82) is 0 Å². The molecule has 0 atom stereocenters. The van der Waals surface area contributed by atoms with Gasteiger partial charge in [0.1, 0.15) is 5.75 Å². The van der Waals surface area contributed by atoms with E-state index in [1.54, 1.807) is 48.5 Å². The van der Waals surface area contributed by atoms with Crippen molar-refractivity contribution in [2.45, 2.75) is 13.8 Å². The van der Waals surface area contributed by atoms with E-state index in [4.69, 9.17) is 18.9 Å². The highest BCUT2D eigenvalue weighted by Gasteiger charge is 2.26. The average Bonchev–Trinajstić information content (AvgIpc) is 3.20. The van der Waals surface area contributed by atoms with Crippen molar-refractivity contribution in [2.75, 3.05) is 7.11 Å². The number of aliphatic imine (C=N–C) groups is 1. The van der Waals surface area contributed by atoms with Gasteiger partial charge in [-0.2, -0.15) is 0 Å². The van der Waals surface area contributed by atoms with Crippen molar-refractivity contribution < 1.29 is 33.3 Å². The van der Waals surface area contributed by atoms with Crippen LogP contribution >= 0.6 is 0 Å². The largest absolute Gasteiger partial charge is 0.493 e. The lowest BCUT2D eigenvalue weighted by Crippen LogP contribution is -2.09. The molecule has 0 N–H and O–H groups in total. The number of hydrogen-bond acceptors (Lipinski definition) is 8. The van der Waals surface area contributed by atoms with Crippen molar-refractivity contribution >= 4 is 29.9 Å². The van der Waals surface area contributed by atoms with Crippen molar-refractivity contribution in [3.05, 3.63) is 94.7 Å². The smallest absolute Gasteiger partial charge is 0.363 e. The second-order valence-electron chi connectivity index (χ2n) is 7.59. The summed E-state index contributed by atoms with van der Waals surface area (Å²) in [5.74, 6) is -0.835. The van der Waals surface area contributed by atoms with Crippen LogP contribution in [0.5, 0.6) is 17.2 Å². The molecular weight excluding hydrogens is 450 g/mol. The molecule has 0 bridgehead atoms. The fourth-order valence-electron chi connectivity index (χ4n) is 3.26. The molecule has 35 heavy (non-hydrogen) atoms. The molecule has 0 spiro atoms.